The number of β-amino-alcohol motifs (C(OH)–C–C–N with tert-alkyl or cyclic N) is 1. The first-order chi connectivity index (χ1) is 31.9. The van der Waals surface area contributed by atoms with E-state index in [-0.39, 0.29) is 31.3 Å². The normalized spacial score (nSPS) is 17.7. The zero-order valence-corrected chi connectivity index (χ0v) is 40.2. The Morgan fingerprint density at radius 1 is 0.896 bits per heavy atom. The number of ether oxygens (including phenoxy) is 1. The topological polar surface area (TPSA) is 214 Å². The molecule has 4 aromatic heterocycles. The number of nitrogens with one attached hydrogen (secondary N) is 2. The Morgan fingerprint density at radius 2 is 1.58 bits per heavy atom. The number of rotatable bonds is 13. The summed E-state index contributed by atoms with van der Waals surface area (Å²) in [6.45, 7) is 14.8. The van der Waals surface area contributed by atoms with E-state index in [9.17, 15) is 29.4 Å². The Bertz CT molecular complexity index is 2860. The molecule has 6 aromatic rings. The Balaban J connectivity index is 0.902. The third-order valence-corrected chi connectivity index (χ3v) is 14.4. The van der Waals surface area contributed by atoms with Crippen LogP contribution in [-0.2, 0) is 19.2 Å². The Hall–Kier alpha value is -6.63. The van der Waals surface area contributed by atoms with Crippen LogP contribution in [0.5, 0.6) is 5.88 Å². The molecule has 8 rings (SSSR count). The first kappa shape index (κ1) is 46.9. The quantitative estimate of drug-likeness (QED) is 0.0939. The molecule has 0 spiro atoms. The van der Waals surface area contributed by atoms with Crippen LogP contribution in [-0.4, -0.2) is 101 Å². The summed E-state index contributed by atoms with van der Waals surface area (Å²) in [6.07, 6.45) is 0.562. The summed E-state index contributed by atoms with van der Waals surface area (Å²) in [6, 6.07) is 16.1. The number of aryl methyl sites for hydroxylation is 3. The molecule has 6 heterocycles. The fourth-order valence-corrected chi connectivity index (χ4v) is 10.5. The zero-order chi connectivity index (χ0) is 47.9. The van der Waals surface area contributed by atoms with Gasteiger partial charge in [-0.1, -0.05) is 69.3 Å². The number of hydrogen-bond acceptors (Lipinski definition) is 13. The number of amides is 3. The van der Waals surface area contributed by atoms with Crippen molar-refractivity contribution in [3.63, 3.8) is 0 Å². The number of thiazole rings is 1. The molecular weight excluding hydrogens is 891 g/mol. The van der Waals surface area contributed by atoms with Crippen molar-refractivity contribution in [1.82, 2.24) is 40.3 Å². The molecule has 0 aliphatic carbocycles. The van der Waals surface area contributed by atoms with E-state index in [0.717, 1.165) is 59.4 Å². The third kappa shape index (κ3) is 9.78. The van der Waals surface area contributed by atoms with Crippen molar-refractivity contribution in [1.29, 1.82) is 0 Å². The molecule has 0 saturated carbocycles. The number of likely N-dealkylation sites (tertiary alicyclic amines) is 1. The fraction of sp³-hybridized carbons (Fsp3) is 0.367. The highest BCUT2D eigenvalue weighted by atomic mass is 32.1. The van der Waals surface area contributed by atoms with Gasteiger partial charge in [0.1, 0.15) is 29.0 Å². The Kier molecular flexibility index (Phi) is 13.2. The predicted octanol–water partition coefficient (Wildman–Crippen LogP) is 6.86. The Morgan fingerprint density at radius 3 is 2.22 bits per heavy atom. The number of carboxylic acid groups (broad SMARTS) is 1. The molecule has 67 heavy (non-hydrogen) atoms. The number of carbonyl (C=O) groups is 4. The molecule has 5 atom stereocenters. The predicted molar refractivity (Wildman–Crippen MR) is 256 cm³/mol. The first-order valence-corrected chi connectivity index (χ1v) is 23.7. The van der Waals surface area contributed by atoms with Crippen LogP contribution in [0.4, 0.5) is 0 Å². The minimum Gasteiger partial charge on any atom is -0.481 e. The minimum absolute atomic E-state index is 0.0482. The fourth-order valence-electron chi connectivity index (χ4n) is 8.50. The van der Waals surface area contributed by atoms with Crippen LogP contribution in [0.1, 0.15) is 97.1 Å². The second-order valence-electron chi connectivity index (χ2n) is 18.1. The van der Waals surface area contributed by atoms with Crippen LogP contribution in [0.25, 0.3) is 26.6 Å². The van der Waals surface area contributed by atoms with Crippen molar-refractivity contribution in [2.75, 3.05) is 13.2 Å². The number of fused-ring (bicyclic) bond motifs is 3. The number of aliphatic carboxylic acids is 1. The molecule has 0 bridgehead atoms. The van der Waals surface area contributed by atoms with E-state index < -0.39 is 59.9 Å². The number of aliphatic hydroxyl groups excluding tert-OH is 1. The van der Waals surface area contributed by atoms with E-state index in [0.29, 0.717) is 17.4 Å². The summed E-state index contributed by atoms with van der Waals surface area (Å²) in [5.74, 6) is -1.06. The van der Waals surface area contributed by atoms with Gasteiger partial charge in [-0.05, 0) is 68.4 Å². The second-order valence-corrected chi connectivity index (χ2v) is 20.2. The summed E-state index contributed by atoms with van der Waals surface area (Å²) in [4.78, 5) is 70.6. The summed E-state index contributed by atoms with van der Waals surface area (Å²) in [5, 5.41) is 35.8. The molecule has 2 aliphatic rings. The second kappa shape index (κ2) is 18.9. The number of pyridine rings is 1. The van der Waals surface area contributed by atoms with Gasteiger partial charge in [0.2, 0.25) is 17.7 Å². The van der Waals surface area contributed by atoms with Gasteiger partial charge in [-0.25, -0.2) is 9.97 Å². The number of benzene rings is 2. The molecule has 348 valence electrons. The van der Waals surface area contributed by atoms with Crippen molar-refractivity contribution in [2.24, 2.45) is 10.4 Å². The van der Waals surface area contributed by atoms with Gasteiger partial charge in [-0.3, -0.25) is 28.7 Å². The summed E-state index contributed by atoms with van der Waals surface area (Å²) >= 11 is 3.17. The highest BCUT2D eigenvalue weighted by molar-refractivity contribution is 7.15. The number of carboxylic acids is 1. The van der Waals surface area contributed by atoms with Crippen LogP contribution >= 0.6 is 22.7 Å². The van der Waals surface area contributed by atoms with Gasteiger partial charge in [0, 0.05) is 46.8 Å². The van der Waals surface area contributed by atoms with E-state index >= 15 is 0 Å². The average molecular weight is 944 g/mol. The molecule has 16 nitrogen and oxygen atoms in total. The maximum atomic E-state index is 14.2. The molecule has 4 N–H and O–H groups in total. The number of hydrogen-bond donors (Lipinski definition) is 4. The minimum atomic E-state index is -1.03. The summed E-state index contributed by atoms with van der Waals surface area (Å²) in [7, 11) is 0. The van der Waals surface area contributed by atoms with Gasteiger partial charge in [-0.2, -0.15) is 0 Å². The molecule has 1 saturated heterocycles. The van der Waals surface area contributed by atoms with Gasteiger partial charge >= 0.3 is 5.97 Å². The molecular formula is C49H53N9O7S2. The van der Waals surface area contributed by atoms with Crippen LogP contribution in [0, 0.1) is 33.1 Å². The van der Waals surface area contributed by atoms with Gasteiger partial charge in [-0.15, -0.1) is 32.9 Å². The van der Waals surface area contributed by atoms with Crippen molar-refractivity contribution < 1.29 is 34.1 Å². The Labute approximate surface area is 396 Å². The van der Waals surface area contributed by atoms with Gasteiger partial charge in [0.15, 0.2) is 12.4 Å². The van der Waals surface area contributed by atoms with E-state index in [1.165, 1.54) is 4.90 Å². The highest BCUT2D eigenvalue weighted by Crippen LogP contribution is 2.40. The maximum absolute atomic E-state index is 14.2. The number of nitrogens with zero attached hydrogens (tertiary/aromatic N) is 7. The number of aromatic nitrogens is 5. The maximum Gasteiger partial charge on any atom is 0.306 e. The zero-order valence-electron chi connectivity index (χ0n) is 38.5. The molecule has 2 aromatic carbocycles. The number of thiophene rings is 1. The van der Waals surface area contributed by atoms with Gasteiger partial charge in [0.25, 0.3) is 5.91 Å². The van der Waals surface area contributed by atoms with E-state index in [2.05, 4.69) is 37.7 Å². The van der Waals surface area contributed by atoms with E-state index in [1.807, 2.05) is 113 Å². The van der Waals surface area contributed by atoms with Crippen molar-refractivity contribution in [3.8, 4) is 32.4 Å². The van der Waals surface area contributed by atoms with Crippen molar-refractivity contribution in [3.05, 3.63) is 117 Å². The SMILES string of the molecule is Cc1ncsc1-c1ccc([C@H](C)NC(=O)[C@@H]2C[C@@H](O)CN2C(=O)[C@@H](NC(=O)COc2ccc(-c3ccc(C4=N[C@@H](CC(=O)O)c5nnc(C)n5-c5sc(C)c(C)c54)cc3)cn2)C(C)(C)C)cc1. The largest absolute Gasteiger partial charge is 0.481 e. The van der Waals surface area contributed by atoms with E-state index in [1.54, 1.807) is 34.9 Å². The molecule has 3 amide bonds. The van der Waals surface area contributed by atoms with Crippen LogP contribution < -0.4 is 15.4 Å². The monoisotopic (exact) mass is 943 g/mol. The average Bonchev–Trinajstić information content (AvgIpc) is 4.06. The van der Waals surface area contributed by atoms with Crippen molar-refractivity contribution in [2.45, 2.75) is 98.5 Å². The van der Waals surface area contributed by atoms with E-state index in [4.69, 9.17) is 9.73 Å². The lowest BCUT2D eigenvalue weighted by Crippen LogP contribution is -2.58. The number of carbonyl (C=O) groups excluding carboxylic acids is 3. The number of aliphatic hydroxyl groups is 1. The lowest BCUT2D eigenvalue weighted by Gasteiger charge is -2.35. The first-order valence-electron chi connectivity index (χ1n) is 22.0. The molecule has 2 aliphatic heterocycles. The third-order valence-electron chi connectivity index (χ3n) is 12.2. The van der Waals surface area contributed by atoms with Gasteiger partial charge in [0.05, 0.1) is 40.4 Å². The lowest BCUT2D eigenvalue weighted by atomic mass is 9.85. The lowest BCUT2D eigenvalue weighted by molar-refractivity contribution is -0.144. The molecule has 1 fully saturated rings. The summed E-state index contributed by atoms with van der Waals surface area (Å²) < 4.78 is 7.70. The van der Waals surface area contributed by atoms with Crippen LogP contribution in [0.3, 0.4) is 0 Å². The molecule has 18 heteroatoms. The highest BCUT2D eigenvalue weighted by Gasteiger charge is 2.45. The summed E-state index contributed by atoms with van der Waals surface area (Å²) in [5.41, 5.74) is 9.06. The smallest absolute Gasteiger partial charge is 0.306 e. The molecule has 0 unspecified atom stereocenters. The van der Waals surface area contributed by atoms with Crippen molar-refractivity contribution >= 4 is 52.1 Å². The van der Waals surface area contributed by atoms with Gasteiger partial charge < -0.3 is 30.5 Å². The van der Waals surface area contributed by atoms with Crippen LogP contribution in [0.2, 0.25) is 0 Å². The standard InChI is InChI=1S/C49H53N9O7S2/c1-25-28(4)67-48-41(25)42(53-36(20-40(61)62)45-56-55-29(5)58(45)48)32-13-11-31(12-14-32)34-17-18-39(50-21-34)65-23-38(60)54-44(49(6,7)8)47(64)57-22-35(59)19-37(57)46(63)52-26(2)30-9-15-33(16-10-30)43-27(3)51-24-66-43/h9-18,21,24,26,35-37,44,59H,19-20,22-23H2,1-8H3,(H,52,63)(H,54,60)(H,61,62)/t26-,35+,36-,37-,44+/m0/s1. The molecule has 0 radical (unpaired) electrons. The van der Waals surface area contributed by atoms with Crippen LogP contribution in [0.15, 0.2) is 77.4 Å². The number of aliphatic imine (C=N–C) groups is 1.